The van der Waals surface area contributed by atoms with Crippen LogP contribution in [-0.2, 0) is 19.5 Å². The van der Waals surface area contributed by atoms with Crippen LogP contribution in [0.4, 0.5) is 0 Å². The molecule has 0 aliphatic heterocycles. The van der Waals surface area contributed by atoms with Crippen LogP contribution in [0, 0.1) is 19.3 Å². The molecule has 6 heteroatoms. The van der Waals surface area contributed by atoms with Gasteiger partial charge in [0.2, 0.25) is 0 Å². The molecule has 6 nitrogen and oxygen atoms in total. The van der Waals surface area contributed by atoms with E-state index in [0.29, 0.717) is 0 Å². The van der Waals surface area contributed by atoms with Crippen molar-refractivity contribution in [3.63, 3.8) is 0 Å². The third-order valence-electron chi connectivity index (χ3n) is 5.13. The normalized spacial score (nSPS) is 17.5. The minimum atomic E-state index is 0.279. The van der Waals surface area contributed by atoms with Crippen LogP contribution in [0.3, 0.4) is 0 Å². The van der Waals surface area contributed by atoms with Gasteiger partial charge >= 0.3 is 0 Å². The van der Waals surface area contributed by atoms with Crippen molar-refractivity contribution < 1.29 is 0 Å². The Morgan fingerprint density at radius 2 is 1.96 bits per heavy atom. The summed E-state index contributed by atoms with van der Waals surface area (Å²) in [5, 5.41) is 13.1. The summed E-state index contributed by atoms with van der Waals surface area (Å²) in [4.78, 5) is 4.33. The van der Waals surface area contributed by atoms with Gasteiger partial charge in [-0.15, -0.1) is 5.10 Å². The fraction of sp³-hybridized carbons (Fsp3) is 0.667. The van der Waals surface area contributed by atoms with E-state index < -0.39 is 0 Å². The largest absolute Gasteiger partial charge is 0.250 e. The highest BCUT2D eigenvalue weighted by molar-refractivity contribution is 5.26. The van der Waals surface area contributed by atoms with Gasteiger partial charge < -0.3 is 0 Å². The van der Waals surface area contributed by atoms with Crippen molar-refractivity contribution >= 4 is 0 Å². The van der Waals surface area contributed by atoms with Crippen molar-refractivity contribution in [2.45, 2.75) is 73.4 Å². The summed E-state index contributed by atoms with van der Waals surface area (Å²) in [7, 11) is 0. The lowest BCUT2D eigenvalue weighted by atomic mass is 9.71. The third-order valence-corrected chi connectivity index (χ3v) is 5.13. The molecular formula is C18H28N6. The van der Waals surface area contributed by atoms with Gasteiger partial charge in [-0.1, -0.05) is 30.2 Å². The van der Waals surface area contributed by atoms with E-state index in [2.05, 4.69) is 47.4 Å². The van der Waals surface area contributed by atoms with E-state index in [1.807, 2.05) is 23.2 Å². The van der Waals surface area contributed by atoms with Gasteiger partial charge in [0.15, 0.2) is 0 Å². The van der Waals surface area contributed by atoms with Crippen molar-refractivity contribution in [3.8, 4) is 0 Å². The van der Waals surface area contributed by atoms with Crippen molar-refractivity contribution in [3.05, 3.63) is 34.7 Å². The van der Waals surface area contributed by atoms with Gasteiger partial charge in [0.05, 0.1) is 18.8 Å². The first-order valence-electron chi connectivity index (χ1n) is 8.81. The van der Waals surface area contributed by atoms with Crippen molar-refractivity contribution in [1.82, 2.24) is 29.8 Å². The van der Waals surface area contributed by atoms with Crippen LogP contribution >= 0.6 is 0 Å². The molecule has 130 valence electrons. The minimum absolute atomic E-state index is 0.279. The lowest BCUT2D eigenvalue weighted by molar-refractivity contribution is 0.358. The number of aryl methyl sites for hydroxylation is 4. The second-order valence-corrected chi connectivity index (χ2v) is 7.58. The fourth-order valence-corrected chi connectivity index (χ4v) is 3.75. The van der Waals surface area contributed by atoms with Gasteiger partial charge in [-0.05, 0) is 45.4 Å². The van der Waals surface area contributed by atoms with E-state index >= 15 is 0 Å². The summed E-state index contributed by atoms with van der Waals surface area (Å²) in [6.07, 6.45) is 6.77. The molecule has 1 aliphatic carbocycles. The second kappa shape index (κ2) is 6.49. The number of allylic oxidation sites excluding steroid dienone is 2. The first-order chi connectivity index (χ1) is 11.3. The van der Waals surface area contributed by atoms with E-state index in [0.717, 1.165) is 36.9 Å². The molecule has 2 heterocycles. The van der Waals surface area contributed by atoms with Gasteiger partial charge in [0.1, 0.15) is 11.6 Å². The highest BCUT2D eigenvalue weighted by Crippen LogP contribution is 2.41. The van der Waals surface area contributed by atoms with Crippen LogP contribution in [0.1, 0.15) is 57.4 Å². The Labute approximate surface area is 144 Å². The molecule has 0 saturated carbocycles. The molecule has 1 aliphatic rings. The molecule has 0 amide bonds. The maximum atomic E-state index is 4.39. The van der Waals surface area contributed by atoms with E-state index in [1.54, 1.807) is 5.57 Å². The fourth-order valence-electron chi connectivity index (χ4n) is 3.75. The monoisotopic (exact) mass is 328 g/mol. The van der Waals surface area contributed by atoms with Crippen molar-refractivity contribution in [1.29, 1.82) is 0 Å². The van der Waals surface area contributed by atoms with E-state index in [9.17, 15) is 0 Å². The average molecular weight is 328 g/mol. The van der Waals surface area contributed by atoms with Crippen molar-refractivity contribution in [2.75, 3.05) is 0 Å². The summed E-state index contributed by atoms with van der Waals surface area (Å²) < 4.78 is 3.84. The van der Waals surface area contributed by atoms with Crippen LogP contribution in [0.5, 0.6) is 0 Å². The topological polar surface area (TPSA) is 61.4 Å². The lowest BCUT2D eigenvalue weighted by Gasteiger charge is -2.34. The predicted octanol–water partition coefficient (Wildman–Crippen LogP) is 3.26. The molecule has 0 fully saturated rings. The smallest absolute Gasteiger partial charge is 0.147 e. The average Bonchev–Trinajstić information content (AvgIpc) is 3.07. The quantitative estimate of drug-likeness (QED) is 0.790. The molecule has 0 unspecified atom stereocenters. The molecule has 0 aromatic carbocycles. The molecule has 3 rings (SSSR count). The van der Waals surface area contributed by atoms with Gasteiger partial charge in [-0.3, -0.25) is 4.68 Å². The molecule has 0 saturated heterocycles. The maximum absolute atomic E-state index is 4.39. The lowest BCUT2D eigenvalue weighted by Crippen LogP contribution is -2.22. The Hall–Kier alpha value is -1.98. The highest BCUT2D eigenvalue weighted by Gasteiger charge is 2.28. The first kappa shape index (κ1) is 16.9. The van der Waals surface area contributed by atoms with E-state index in [4.69, 9.17) is 0 Å². The van der Waals surface area contributed by atoms with Crippen LogP contribution in [-0.4, -0.2) is 29.8 Å². The Balaban J connectivity index is 1.66. The summed E-state index contributed by atoms with van der Waals surface area (Å²) in [5.74, 6) is 1.76. The first-order valence-corrected chi connectivity index (χ1v) is 8.81. The molecule has 0 radical (unpaired) electrons. The molecule has 24 heavy (non-hydrogen) atoms. The molecule has 0 N–H and O–H groups in total. The van der Waals surface area contributed by atoms with Crippen LogP contribution < -0.4 is 0 Å². The predicted molar refractivity (Wildman–Crippen MR) is 93.6 cm³/mol. The number of hydrogen-bond donors (Lipinski definition) is 0. The van der Waals surface area contributed by atoms with Crippen LogP contribution in [0.15, 0.2) is 17.3 Å². The number of aromatic nitrogens is 6. The zero-order valence-electron chi connectivity index (χ0n) is 15.5. The van der Waals surface area contributed by atoms with Gasteiger partial charge in [0, 0.05) is 12.6 Å². The maximum Gasteiger partial charge on any atom is 0.147 e. The zero-order chi connectivity index (χ0) is 17.3. The Morgan fingerprint density at radius 1 is 1.17 bits per heavy atom. The summed E-state index contributed by atoms with van der Waals surface area (Å²) in [6.45, 7) is 12.4. The Kier molecular flexibility index (Phi) is 4.56. The Morgan fingerprint density at radius 3 is 2.62 bits per heavy atom. The molecule has 0 atom stereocenters. The van der Waals surface area contributed by atoms with Crippen LogP contribution in [0.2, 0.25) is 0 Å². The third kappa shape index (κ3) is 3.57. The number of rotatable bonds is 5. The van der Waals surface area contributed by atoms with Crippen LogP contribution in [0.25, 0.3) is 0 Å². The van der Waals surface area contributed by atoms with E-state index in [1.165, 1.54) is 24.8 Å². The summed E-state index contributed by atoms with van der Waals surface area (Å²) in [5.41, 5.74) is 4.42. The second-order valence-electron chi connectivity index (χ2n) is 7.58. The van der Waals surface area contributed by atoms with Gasteiger partial charge in [-0.2, -0.15) is 5.10 Å². The Bertz CT molecular complexity index is 749. The van der Waals surface area contributed by atoms with Gasteiger partial charge in [-0.25, -0.2) is 9.67 Å². The molecular weight excluding hydrogens is 300 g/mol. The number of hydrogen-bond acceptors (Lipinski definition) is 4. The molecule has 2 aromatic rings. The molecule has 0 spiro atoms. The number of nitrogens with zero attached hydrogens (tertiary/aromatic N) is 6. The van der Waals surface area contributed by atoms with E-state index in [-0.39, 0.29) is 5.41 Å². The summed E-state index contributed by atoms with van der Waals surface area (Å²) in [6, 6.07) is 0. The standard InChI is InChI=1S/C18H28N6/c1-13-7-6-8-18(4,5)17(13)11-16-12-23(22-20-16)9-10-24-15(3)19-14(2)21-24/h12H,6-11H2,1-5H3. The minimum Gasteiger partial charge on any atom is -0.250 e. The highest BCUT2D eigenvalue weighted by atomic mass is 15.4. The SMILES string of the molecule is CC1=C(Cc2cn(CCn3nc(C)nc3C)nn2)C(C)(C)CCC1. The molecule has 2 aromatic heterocycles. The van der Waals surface area contributed by atoms with Crippen molar-refractivity contribution in [2.24, 2.45) is 5.41 Å². The zero-order valence-corrected chi connectivity index (χ0v) is 15.5. The van der Waals surface area contributed by atoms with Gasteiger partial charge in [0.25, 0.3) is 0 Å². The molecule has 0 bridgehead atoms. The summed E-state index contributed by atoms with van der Waals surface area (Å²) >= 11 is 0.